The Balaban J connectivity index is 2.28. The molecule has 5 N–H and O–H groups in total. The first kappa shape index (κ1) is 13.5. The molecule has 0 fully saturated rings. The number of rotatable bonds is 4. The predicted octanol–water partition coefficient (Wildman–Crippen LogP) is -0.907. The van der Waals surface area contributed by atoms with Crippen LogP contribution in [-0.4, -0.2) is 38.3 Å². The highest BCUT2D eigenvalue weighted by Gasteiger charge is 2.13. The number of aromatic nitrogens is 4. The van der Waals surface area contributed by atoms with Crippen molar-refractivity contribution >= 4 is 17.5 Å². The van der Waals surface area contributed by atoms with Gasteiger partial charge >= 0.3 is 0 Å². The molecule has 2 rings (SSSR count). The Morgan fingerprint density at radius 1 is 1.35 bits per heavy atom. The first-order valence-corrected chi connectivity index (χ1v) is 5.80. The van der Waals surface area contributed by atoms with Crippen LogP contribution in [-0.2, 0) is 0 Å². The van der Waals surface area contributed by atoms with E-state index in [1.54, 1.807) is 6.92 Å². The number of nitrogens with two attached hydrogens (primary N) is 2. The highest BCUT2D eigenvalue weighted by atomic mass is 16.2. The quantitative estimate of drug-likeness (QED) is 0.659. The van der Waals surface area contributed by atoms with E-state index in [-0.39, 0.29) is 23.0 Å². The molecule has 2 aromatic rings. The number of carbonyl (C=O) groups excluding carboxylic acids is 2. The highest BCUT2D eigenvalue weighted by molar-refractivity contribution is 5.95. The van der Waals surface area contributed by atoms with Gasteiger partial charge in [-0.2, -0.15) is 5.10 Å². The number of carbonyl (C=O) groups is 2. The van der Waals surface area contributed by atoms with Crippen molar-refractivity contribution in [3.05, 3.63) is 29.7 Å². The first-order valence-electron chi connectivity index (χ1n) is 5.80. The molecule has 20 heavy (non-hydrogen) atoms. The van der Waals surface area contributed by atoms with Crippen molar-refractivity contribution in [3.8, 4) is 5.82 Å². The van der Waals surface area contributed by atoms with Gasteiger partial charge in [-0.15, -0.1) is 10.2 Å². The number of anilines is 1. The number of nitrogens with zero attached hydrogens (tertiary/aromatic N) is 4. The lowest BCUT2D eigenvalue weighted by Crippen LogP contribution is -2.24. The normalized spacial score (nSPS) is 10.2. The first-order chi connectivity index (χ1) is 9.52. The summed E-state index contributed by atoms with van der Waals surface area (Å²) in [5.41, 5.74) is 11.0. The van der Waals surface area contributed by atoms with Crippen molar-refractivity contribution in [1.82, 2.24) is 25.3 Å². The molecule has 0 spiro atoms. The molecule has 0 saturated carbocycles. The fraction of sp³-hybridized carbons (Fsp3) is 0.182. The molecular formula is C11H13N7O2. The van der Waals surface area contributed by atoms with Gasteiger partial charge in [-0.05, 0) is 19.1 Å². The molecule has 0 aliphatic carbocycles. The predicted molar refractivity (Wildman–Crippen MR) is 70.1 cm³/mol. The molecule has 0 bridgehead atoms. The summed E-state index contributed by atoms with van der Waals surface area (Å²) in [6.45, 7) is 2.30. The molecule has 104 valence electrons. The lowest BCUT2D eigenvalue weighted by molar-refractivity contribution is 0.0948. The fourth-order valence-electron chi connectivity index (χ4n) is 1.52. The third kappa shape index (κ3) is 2.55. The monoisotopic (exact) mass is 275 g/mol. The van der Waals surface area contributed by atoms with Gasteiger partial charge in [-0.1, -0.05) is 0 Å². The molecule has 0 unspecified atom stereocenters. The molecule has 0 radical (unpaired) electrons. The smallest absolute Gasteiger partial charge is 0.271 e. The topological polar surface area (TPSA) is 142 Å². The summed E-state index contributed by atoms with van der Waals surface area (Å²) in [5.74, 6) is -0.727. The van der Waals surface area contributed by atoms with E-state index in [1.165, 1.54) is 23.0 Å². The van der Waals surface area contributed by atoms with Crippen LogP contribution in [0.15, 0.2) is 18.3 Å². The zero-order valence-electron chi connectivity index (χ0n) is 10.7. The van der Waals surface area contributed by atoms with Crippen molar-refractivity contribution in [3.63, 3.8) is 0 Å². The number of hydrogen-bond donors (Lipinski definition) is 3. The van der Waals surface area contributed by atoms with Crippen molar-refractivity contribution < 1.29 is 9.59 Å². The lowest BCUT2D eigenvalue weighted by Gasteiger charge is -2.02. The van der Waals surface area contributed by atoms with Crippen LogP contribution in [0, 0.1) is 0 Å². The molecular weight excluding hydrogens is 262 g/mol. The van der Waals surface area contributed by atoms with Gasteiger partial charge in [0.2, 0.25) is 0 Å². The maximum atomic E-state index is 11.5. The van der Waals surface area contributed by atoms with Crippen LogP contribution in [0.1, 0.15) is 27.9 Å². The summed E-state index contributed by atoms with van der Waals surface area (Å²) < 4.78 is 1.27. The second-order valence-corrected chi connectivity index (χ2v) is 3.88. The Bertz CT molecular complexity index is 647. The minimum Gasteiger partial charge on any atom is -0.396 e. The minimum absolute atomic E-state index is 0.0420. The van der Waals surface area contributed by atoms with E-state index in [0.717, 1.165) is 0 Å². The van der Waals surface area contributed by atoms with Crippen molar-refractivity contribution in [2.45, 2.75) is 6.92 Å². The number of nitrogen functional groups attached to an aromatic ring is 1. The van der Waals surface area contributed by atoms with Gasteiger partial charge in [0.15, 0.2) is 17.2 Å². The van der Waals surface area contributed by atoms with Crippen molar-refractivity contribution in [2.75, 3.05) is 12.3 Å². The van der Waals surface area contributed by atoms with E-state index in [4.69, 9.17) is 11.5 Å². The van der Waals surface area contributed by atoms with Gasteiger partial charge < -0.3 is 16.8 Å². The SMILES string of the molecule is CCNC(=O)c1ccc(-n2cc(N)c(C(N)=O)n2)nn1. The number of primary amides is 1. The second-order valence-electron chi connectivity index (χ2n) is 3.88. The van der Waals surface area contributed by atoms with Crippen LogP contribution in [0.4, 0.5) is 5.69 Å². The van der Waals surface area contributed by atoms with Gasteiger partial charge in [0.05, 0.1) is 11.9 Å². The van der Waals surface area contributed by atoms with Gasteiger partial charge in [0.1, 0.15) is 0 Å². The van der Waals surface area contributed by atoms with Crippen LogP contribution in [0.5, 0.6) is 0 Å². The molecule has 2 heterocycles. The van der Waals surface area contributed by atoms with Gasteiger partial charge in [0.25, 0.3) is 11.8 Å². The van der Waals surface area contributed by atoms with Crippen LogP contribution >= 0.6 is 0 Å². The van der Waals surface area contributed by atoms with Crippen LogP contribution in [0.25, 0.3) is 5.82 Å². The largest absolute Gasteiger partial charge is 0.396 e. The summed E-state index contributed by atoms with van der Waals surface area (Å²) >= 11 is 0. The van der Waals surface area contributed by atoms with Crippen molar-refractivity contribution in [1.29, 1.82) is 0 Å². The summed E-state index contributed by atoms with van der Waals surface area (Å²) in [5, 5.41) is 14.1. The number of nitrogens with one attached hydrogen (secondary N) is 1. The Morgan fingerprint density at radius 3 is 2.60 bits per heavy atom. The summed E-state index contributed by atoms with van der Waals surface area (Å²) in [7, 11) is 0. The third-order valence-corrected chi connectivity index (χ3v) is 2.43. The van der Waals surface area contributed by atoms with E-state index in [1.807, 2.05) is 0 Å². The highest BCUT2D eigenvalue weighted by Crippen LogP contribution is 2.11. The van der Waals surface area contributed by atoms with E-state index in [2.05, 4.69) is 20.6 Å². The van der Waals surface area contributed by atoms with E-state index in [0.29, 0.717) is 12.4 Å². The molecule has 9 nitrogen and oxygen atoms in total. The standard InChI is InChI=1S/C11H13N7O2/c1-2-14-11(20)7-3-4-8(16-15-7)18-5-6(12)9(17-18)10(13)19/h3-5H,2,12H2,1H3,(H2,13,19)(H,14,20). The lowest BCUT2D eigenvalue weighted by atomic mass is 10.3. The maximum absolute atomic E-state index is 11.5. The van der Waals surface area contributed by atoms with E-state index < -0.39 is 5.91 Å². The van der Waals surface area contributed by atoms with Crippen LogP contribution in [0.2, 0.25) is 0 Å². The Labute approximate surface area is 114 Å². The maximum Gasteiger partial charge on any atom is 0.271 e. The average Bonchev–Trinajstić information content (AvgIpc) is 2.81. The zero-order chi connectivity index (χ0) is 14.7. The molecule has 0 saturated heterocycles. The van der Waals surface area contributed by atoms with Gasteiger partial charge in [0, 0.05) is 6.54 Å². The third-order valence-electron chi connectivity index (χ3n) is 2.43. The average molecular weight is 275 g/mol. The van der Waals surface area contributed by atoms with E-state index in [9.17, 15) is 9.59 Å². The molecule has 2 amide bonds. The number of hydrogen-bond acceptors (Lipinski definition) is 6. The van der Waals surface area contributed by atoms with Crippen LogP contribution < -0.4 is 16.8 Å². The Morgan fingerprint density at radius 2 is 2.10 bits per heavy atom. The van der Waals surface area contributed by atoms with Crippen molar-refractivity contribution in [2.24, 2.45) is 5.73 Å². The second kappa shape index (κ2) is 5.34. The molecule has 0 atom stereocenters. The molecule has 2 aromatic heterocycles. The minimum atomic E-state index is -0.729. The van der Waals surface area contributed by atoms with E-state index >= 15 is 0 Å². The molecule has 0 aromatic carbocycles. The molecule has 9 heteroatoms. The fourth-order valence-corrected chi connectivity index (χ4v) is 1.52. The summed E-state index contributed by atoms with van der Waals surface area (Å²) in [6, 6.07) is 3.03. The number of amides is 2. The van der Waals surface area contributed by atoms with Crippen LogP contribution in [0.3, 0.4) is 0 Å². The molecule has 0 aliphatic heterocycles. The summed E-state index contributed by atoms with van der Waals surface area (Å²) in [6.07, 6.45) is 1.40. The zero-order valence-corrected chi connectivity index (χ0v) is 10.7. The Kier molecular flexibility index (Phi) is 3.60. The van der Waals surface area contributed by atoms with Gasteiger partial charge in [-0.3, -0.25) is 9.59 Å². The molecule has 0 aliphatic rings. The Hall–Kier alpha value is -2.97. The summed E-state index contributed by atoms with van der Waals surface area (Å²) in [4.78, 5) is 22.6. The van der Waals surface area contributed by atoms with Gasteiger partial charge in [-0.25, -0.2) is 4.68 Å².